The first-order chi connectivity index (χ1) is 11.8. The Balaban J connectivity index is 1.86. The number of hydrogen-bond acceptors (Lipinski definition) is 6. The van der Waals surface area contributed by atoms with Gasteiger partial charge in [-0.15, -0.1) is 0 Å². The van der Waals surface area contributed by atoms with Gasteiger partial charge in [0.2, 0.25) is 0 Å². The number of nitrogens with one attached hydrogen (secondary N) is 1. The van der Waals surface area contributed by atoms with Gasteiger partial charge in [0.05, 0.1) is 30.1 Å². The molecule has 0 aliphatic carbocycles. The molecule has 0 radical (unpaired) electrons. The molecule has 2 saturated heterocycles. The van der Waals surface area contributed by atoms with E-state index in [-0.39, 0.29) is 29.4 Å². The highest BCUT2D eigenvalue weighted by molar-refractivity contribution is 9.10. The lowest BCUT2D eigenvalue weighted by Gasteiger charge is -2.45. The number of non-ortho nitro benzene ring substituents is 1. The van der Waals surface area contributed by atoms with Crippen molar-refractivity contribution in [3.05, 3.63) is 32.8 Å². The zero-order valence-corrected chi connectivity index (χ0v) is 14.6. The highest BCUT2D eigenvalue weighted by Crippen LogP contribution is 2.37. The Morgan fingerprint density at radius 3 is 2.68 bits per heavy atom. The van der Waals surface area contributed by atoms with E-state index in [4.69, 9.17) is 4.74 Å². The quantitative estimate of drug-likeness (QED) is 0.592. The molecular weight excluding hydrogens is 409 g/mol. The third kappa shape index (κ3) is 3.89. The minimum Gasteiger partial charge on any atom is -0.363 e. The Morgan fingerprint density at radius 2 is 2.12 bits per heavy atom. The van der Waals surface area contributed by atoms with Crippen LogP contribution in [-0.4, -0.2) is 61.2 Å². The van der Waals surface area contributed by atoms with Gasteiger partial charge in [0.25, 0.3) is 5.69 Å². The topological polar surface area (TPSA) is 70.9 Å². The summed E-state index contributed by atoms with van der Waals surface area (Å²) in [5.41, 5.74) is 0.119. The normalized spacial score (nSPS) is 25.4. The van der Waals surface area contributed by atoms with E-state index in [0.29, 0.717) is 25.6 Å². The number of nitrogens with zero attached hydrogens (tertiary/aromatic N) is 3. The molecule has 0 spiro atoms. The molecular formula is C14H16BrF3N4O3. The highest BCUT2D eigenvalue weighted by Gasteiger charge is 2.48. The van der Waals surface area contributed by atoms with Crippen molar-refractivity contribution in [2.24, 2.45) is 0 Å². The van der Waals surface area contributed by atoms with Gasteiger partial charge in [-0.1, -0.05) is 0 Å². The maximum Gasteiger partial charge on any atom is 0.409 e. The van der Waals surface area contributed by atoms with Crippen LogP contribution in [0.3, 0.4) is 0 Å². The SMILES string of the molecule is O=[N+]([O-])c1ccc(N2CCN(C3COCN3)CC2C(F)(F)F)c(Br)c1. The Kier molecular flexibility index (Phi) is 5.19. The van der Waals surface area contributed by atoms with Crippen LogP contribution in [-0.2, 0) is 4.74 Å². The molecule has 1 aromatic rings. The van der Waals surface area contributed by atoms with Crippen LogP contribution in [0.1, 0.15) is 0 Å². The number of nitro groups is 1. The number of hydrogen-bond donors (Lipinski definition) is 1. The molecule has 2 atom stereocenters. The van der Waals surface area contributed by atoms with Gasteiger partial charge in [-0.2, -0.15) is 13.2 Å². The van der Waals surface area contributed by atoms with Crippen molar-refractivity contribution < 1.29 is 22.8 Å². The zero-order chi connectivity index (χ0) is 18.2. The smallest absolute Gasteiger partial charge is 0.363 e. The van der Waals surface area contributed by atoms with Crippen LogP contribution in [0.25, 0.3) is 0 Å². The van der Waals surface area contributed by atoms with Crippen molar-refractivity contribution in [3.63, 3.8) is 0 Å². The van der Waals surface area contributed by atoms with Gasteiger partial charge in [-0.25, -0.2) is 0 Å². The fourth-order valence-electron chi connectivity index (χ4n) is 3.12. The second-order valence-electron chi connectivity index (χ2n) is 5.87. The second kappa shape index (κ2) is 7.06. The van der Waals surface area contributed by atoms with E-state index in [2.05, 4.69) is 21.2 Å². The summed E-state index contributed by atoms with van der Waals surface area (Å²) in [5.74, 6) is 0. The molecule has 3 rings (SSSR count). The number of nitro benzene ring substituents is 1. The molecule has 0 saturated carbocycles. The summed E-state index contributed by atoms with van der Waals surface area (Å²) in [5, 5.41) is 13.8. The minimum atomic E-state index is -4.43. The third-order valence-corrected chi connectivity index (χ3v) is 5.01. The standard InChI is InChI=1S/C14H16BrF3N4O3/c15-10-5-9(22(23)24)1-2-11(10)21-4-3-20(13-7-25-8-19-13)6-12(21)14(16,17)18/h1-2,5,12-13,19H,3-4,6-8H2. The maximum atomic E-state index is 13.6. The predicted molar refractivity (Wildman–Crippen MR) is 87.3 cm³/mol. The maximum absolute atomic E-state index is 13.6. The summed E-state index contributed by atoms with van der Waals surface area (Å²) < 4.78 is 46.3. The fourth-order valence-corrected chi connectivity index (χ4v) is 3.71. The zero-order valence-electron chi connectivity index (χ0n) is 13.0. The first-order valence-electron chi connectivity index (χ1n) is 7.60. The molecule has 0 bridgehead atoms. The number of alkyl halides is 3. The summed E-state index contributed by atoms with van der Waals surface area (Å²) >= 11 is 3.17. The minimum absolute atomic E-state index is 0.152. The molecule has 11 heteroatoms. The fraction of sp³-hybridized carbons (Fsp3) is 0.571. The van der Waals surface area contributed by atoms with Gasteiger partial charge in [0, 0.05) is 36.2 Å². The summed E-state index contributed by atoms with van der Waals surface area (Å²) in [4.78, 5) is 13.2. The summed E-state index contributed by atoms with van der Waals surface area (Å²) in [6.07, 6.45) is -4.66. The molecule has 2 unspecified atom stereocenters. The van der Waals surface area contributed by atoms with Crippen molar-refractivity contribution in [2.75, 3.05) is 37.9 Å². The number of rotatable bonds is 3. The van der Waals surface area contributed by atoms with E-state index in [0.717, 1.165) is 0 Å². The van der Waals surface area contributed by atoms with Gasteiger partial charge in [0.15, 0.2) is 0 Å². The van der Waals surface area contributed by atoms with E-state index in [1.807, 2.05) is 0 Å². The van der Waals surface area contributed by atoms with E-state index in [1.165, 1.54) is 23.1 Å². The van der Waals surface area contributed by atoms with Gasteiger partial charge in [0.1, 0.15) is 6.04 Å². The third-order valence-electron chi connectivity index (χ3n) is 4.38. The predicted octanol–water partition coefficient (Wildman–Crippen LogP) is 2.31. The van der Waals surface area contributed by atoms with Crippen LogP contribution in [0.15, 0.2) is 22.7 Å². The summed E-state index contributed by atoms with van der Waals surface area (Å²) in [6, 6.07) is 2.09. The van der Waals surface area contributed by atoms with Crippen molar-refractivity contribution in [1.82, 2.24) is 10.2 Å². The van der Waals surface area contributed by atoms with E-state index >= 15 is 0 Å². The Hall–Kier alpha value is -1.43. The number of anilines is 1. The lowest BCUT2D eigenvalue weighted by Crippen LogP contribution is -2.62. The molecule has 1 aromatic carbocycles. The van der Waals surface area contributed by atoms with Crippen molar-refractivity contribution in [1.29, 1.82) is 0 Å². The summed E-state index contributed by atoms with van der Waals surface area (Å²) in [7, 11) is 0. The Labute approximate surface area is 150 Å². The van der Waals surface area contributed by atoms with E-state index < -0.39 is 17.1 Å². The van der Waals surface area contributed by atoms with Crippen LogP contribution in [0.5, 0.6) is 0 Å². The van der Waals surface area contributed by atoms with Crippen molar-refractivity contribution in [3.8, 4) is 0 Å². The van der Waals surface area contributed by atoms with Gasteiger partial charge in [-0.3, -0.25) is 20.3 Å². The first kappa shape index (κ1) is 18.4. The molecule has 0 amide bonds. The van der Waals surface area contributed by atoms with Crippen LogP contribution in [0, 0.1) is 10.1 Å². The molecule has 2 fully saturated rings. The lowest BCUT2D eigenvalue weighted by atomic mass is 10.1. The van der Waals surface area contributed by atoms with Crippen LogP contribution >= 0.6 is 15.9 Å². The lowest BCUT2D eigenvalue weighted by molar-refractivity contribution is -0.384. The summed E-state index contributed by atoms with van der Waals surface area (Å²) in [6.45, 7) is 1.06. The van der Waals surface area contributed by atoms with Crippen LogP contribution < -0.4 is 10.2 Å². The molecule has 2 aliphatic heterocycles. The first-order valence-corrected chi connectivity index (χ1v) is 8.39. The molecule has 2 heterocycles. The van der Waals surface area contributed by atoms with Gasteiger partial charge < -0.3 is 9.64 Å². The second-order valence-corrected chi connectivity index (χ2v) is 6.73. The largest absolute Gasteiger partial charge is 0.409 e. The van der Waals surface area contributed by atoms with Crippen LogP contribution in [0.2, 0.25) is 0 Å². The molecule has 25 heavy (non-hydrogen) atoms. The number of benzene rings is 1. The average molecular weight is 425 g/mol. The van der Waals surface area contributed by atoms with Crippen LogP contribution in [0.4, 0.5) is 24.5 Å². The van der Waals surface area contributed by atoms with Crippen molar-refractivity contribution >= 4 is 27.3 Å². The van der Waals surface area contributed by atoms with E-state index in [1.54, 1.807) is 4.90 Å². The Morgan fingerprint density at radius 1 is 1.36 bits per heavy atom. The molecule has 0 aromatic heterocycles. The van der Waals surface area contributed by atoms with Gasteiger partial charge >= 0.3 is 6.18 Å². The number of ether oxygens (including phenoxy) is 1. The molecule has 138 valence electrons. The van der Waals surface area contributed by atoms with Gasteiger partial charge in [-0.05, 0) is 22.0 Å². The van der Waals surface area contributed by atoms with Crippen molar-refractivity contribution in [2.45, 2.75) is 18.4 Å². The monoisotopic (exact) mass is 424 g/mol. The number of halogens is 4. The molecule has 7 nitrogen and oxygen atoms in total. The molecule has 1 N–H and O–H groups in total. The van der Waals surface area contributed by atoms with E-state index in [9.17, 15) is 23.3 Å². The number of piperazine rings is 1. The Bertz CT molecular complexity index is 655. The average Bonchev–Trinajstić information content (AvgIpc) is 3.08. The molecule has 2 aliphatic rings. The highest BCUT2D eigenvalue weighted by atomic mass is 79.9.